The molecule has 2 nitrogen and oxygen atoms in total. The first-order valence-electron chi connectivity index (χ1n) is 5.66. The summed E-state index contributed by atoms with van der Waals surface area (Å²) in [6.45, 7) is 0.592. The Labute approximate surface area is 121 Å². The number of hydrogen-bond acceptors (Lipinski definition) is 2. The van der Waals surface area contributed by atoms with Gasteiger partial charge in [0.05, 0.1) is 5.02 Å². The van der Waals surface area contributed by atoms with Crippen molar-refractivity contribution in [2.45, 2.75) is 6.54 Å². The van der Waals surface area contributed by atoms with E-state index in [-0.39, 0.29) is 10.8 Å². The number of rotatable bonds is 4. The minimum absolute atomic E-state index is 0.0229. The quantitative estimate of drug-likeness (QED) is 0.888. The van der Waals surface area contributed by atoms with Crippen molar-refractivity contribution in [3.8, 4) is 11.5 Å². The van der Waals surface area contributed by atoms with Gasteiger partial charge < -0.3 is 10.1 Å². The van der Waals surface area contributed by atoms with Gasteiger partial charge >= 0.3 is 0 Å². The second-order valence-corrected chi connectivity index (χ2v) is 4.78. The molecule has 0 saturated heterocycles. The summed E-state index contributed by atoms with van der Waals surface area (Å²) < 4.78 is 19.4. The van der Waals surface area contributed by atoms with Gasteiger partial charge in [-0.05, 0) is 31.3 Å². The number of benzene rings is 2. The molecule has 0 bridgehead atoms. The molecular formula is C14H12Cl2FNO. The largest absolute Gasteiger partial charge is 0.454 e. The molecule has 0 amide bonds. The Morgan fingerprint density at radius 1 is 1.16 bits per heavy atom. The lowest BCUT2D eigenvalue weighted by Crippen LogP contribution is -2.06. The Kier molecular flexibility index (Phi) is 4.64. The second kappa shape index (κ2) is 6.24. The summed E-state index contributed by atoms with van der Waals surface area (Å²) in [5.41, 5.74) is 0.881. The van der Waals surface area contributed by atoms with Crippen LogP contribution < -0.4 is 10.1 Å². The molecule has 1 N–H and O–H groups in total. The summed E-state index contributed by atoms with van der Waals surface area (Å²) in [5, 5.41) is 3.56. The highest BCUT2D eigenvalue weighted by atomic mass is 35.5. The SMILES string of the molecule is CNCc1ccc(Cl)cc1Oc1cccc(Cl)c1F. The Bertz CT molecular complexity index is 590. The standard InChI is InChI=1S/C14H12Cl2FNO/c1-18-8-9-5-6-10(15)7-13(9)19-12-4-2-3-11(16)14(12)17/h2-7,18H,8H2,1H3. The van der Waals surface area contributed by atoms with E-state index < -0.39 is 5.82 Å². The summed E-state index contributed by atoms with van der Waals surface area (Å²) in [6, 6.07) is 9.85. The molecule has 0 radical (unpaired) electrons. The zero-order valence-electron chi connectivity index (χ0n) is 10.2. The normalized spacial score (nSPS) is 10.5. The van der Waals surface area contributed by atoms with E-state index in [2.05, 4.69) is 5.32 Å². The van der Waals surface area contributed by atoms with E-state index in [1.54, 1.807) is 18.2 Å². The fourth-order valence-corrected chi connectivity index (χ4v) is 1.97. The molecule has 0 heterocycles. The van der Waals surface area contributed by atoms with Crippen LogP contribution in [0.25, 0.3) is 0 Å². The van der Waals surface area contributed by atoms with Crippen molar-refractivity contribution in [2.75, 3.05) is 7.05 Å². The van der Waals surface area contributed by atoms with Gasteiger partial charge in [-0.15, -0.1) is 0 Å². The van der Waals surface area contributed by atoms with Gasteiger partial charge in [0.1, 0.15) is 5.75 Å². The van der Waals surface area contributed by atoms with Crippen molar-refractivity contribution in [1.82, 2.24) is 5.32 Å². The van der Waals surface area contributed by atoms with Gasteiger partial charge in [0.25, 0.3) is 0 Å². The third-order valence-electron chi connectivity index (χ3n) is 2.53. The molecular weight excluding hydrogens is 288 g/mol. The fraction of sp³-hybridized carbons (Fsp3) is 0.143. The Morgan fingerprint density at radius 3 is 2.68 bits per heavy atom. The molecule has 0 aliphatic rings. The number of nitrogens with one attached hydrogen (secondary N) is 1. The van der Waals surface area contributed by atoms with E-state index in [4.69, 9.17) is 27.9 Å². The van der Waals surface area contributed by atoms with Crippen LogP contribution in [0.2, 0.25) is 10.0 Å². The van der Waals surface area contributed by atoms with Crippen LogP contribution in [0.5, 0.6) is 11.5 Å². The number of halogens is 3. The average molecular weight is 300 g/mol. The van der Waals surface area contributed by atoms with E-state index in [1.807, 2.05) is 13.1 Å². The highest BCUT2D eigenvalue weighted by Gasteiger charge is 2.11. The van der Waals surface area contributed by atoms with Gasteiger partial charge in [-0.3, -0.25) is 0 Å². The lowest BCUT2D eigenvalue weighted by molar-refractivity contribution is 0.437. The summed E-state index contributed by atoms with van der Waals surface area (Å²) in [4.78, 5) is 0. The third-order valence-corrected chi connectivity index (χ3v) is 3.06. The molecule has 2 aromatic rings. The van der Waals surface area contributed by atoms with Gasteiger partial charge in [0.15, 0.2) is 11.6 Å². The molecule has 2 rings (SSSR count). The van der Waals surface area contributed by atoms with Crippen LogP contribution in [0.3, 0.4) is 0 Å². The summed E-state index contributed by atoms with van der Waals surface area (Å²) >= 11 is 11.7. The van der Waals surface area contributed by atoms with Crippen molar-refractivity contribution in [1.29, 1.82) is 0 Å². The predicted octanol–water partition coefficient (Wildman–Crippen LogP) is 4.64. The van der Waals surface area contributed by atoms with Gasteiger partial charge in [-0.2, -0.15) is 0 Å². The van der Waals surface area contributed by atoms with Crippen LogP contribution in [-0.4, -0.2) is 7.05 Å². The van der Waals surface area contributed by atoms with Crippen LogP contribution in [0, 0.1) is 5.82 Å². The molecule has 19 heavy (non-hydrogen) atoms. The molecule has 0 unspecified atom stereocenters. The first-order chi connectivity index (χ1) is 9.11. The number of ether oxygens (including phenoxy) is 1. The minimum atomic E-state index is -0.584. The maximum atomic E-state index is 13.8. The fourth-order valence-electron chi connectivity index (χ4n) is 1.64. The predicted molar refractivity (Wildman–Crippen MR) is 75.7 cm³/mol. The molecule has 0 aliphatic heterocycles. The smallest absolute Gasteiger partial charge is 0.184 e. The van der Waals surface area contributed by atoms with Crippen molar-refractivity contribution >= 4 is 23.2 Å². The first-order valence-corrected chi connectivity index (χ1v) is 6.42. The molecule has 0 aliphatic carbocycles. The lowest BCUT2D eigenvalue weighted by Gasteiger charge is -2.12. The molecule has 0 aromatic heterocycles. The van der Waals surface area contributed by atoms with Gasteiger partial charge in [-0.1, -0.05) is 35.3 Å². The van der Waals surface area contributed by atoms with Crippen molar-refractivity contribution in [3.63, 3.8) is 0 Å². The van der Waals surface area contributed by atoms with Crippen LogP contribution in [0.1, 0.15) is 5.56 Å². The Hall–Kier alpha value is -1.29. The van der Waals surface area contributed by atoms with Crippen molar-refractivity contribution in [2.24, 2.45) is 0 Å². The van der Waals surface area contributed by atoms with Gasteiger partial charge in [-0.25, -0.2) is 4.39 Å². The summed E-state index contributed by atoms with van der Waals surface area (Å²) in [7, 11) is 1.82. The van der Waals surface area contributed by atoms with Gasteiger partial charge in [0, 0.05) is 17.1 Å². The molecule has 0 atom stereocenters. The zero-order chi connectivity index (χ0) is 13.8. The van der Waals surface area contributed by atoms with Crippen molar-refractivity contribution in [3.05, 3.63) is 57.8 Å². The molecule has 100 valence electrons. The van der Waals surface area contributed by atoms with E-state index in [0.717, 1.165) is 5.56 Å². The minimum Gasteiger partial charge on any atom is -0.454 e. The molecule has 0 spiro atoms. The molecule has 5 heteroatoms. The van der Waals surface area contributed by atoms with E-state index in [9.17, 15) is 4.39 Å². The van der Waals surface area contributed by atoms with Crippen LogP contribution in [0.4, 0.5) is 4.39 Å². The zero-order valence-corrected chi connectivity index (χ0v) is 11.7. The molecule has 0 fully saturated rings. The van der Waals surface area contributed by atoms with E-state index in [0.29, 0.717) is 17.3 Å². The highest BCUT2D eigenvalue weighted by molar-refractivity contribution is 6.31. The van der Waals surface area contributed by atoms with E-state index in [1.165, 1.54) is 12.1 Å². The maximum absolute atomic E-state index is 13.8. The summed E-state index contributed by atoms with van der Waals surface area (Å²) in [6.07, 6.45) is 0. The van der Waals surface area contributed by atoms with Crippen LogP contribution in [-0.2, 0) is 6.54 Å². The lowest BCUT2D eigenvalue weighted by atomic mass is 10.2. The monoisotopic (exact) mass is 299 g/mol. The molecule has 2 aromatic carbocycles. The Balaban J connectivity index is 2.36. The average Bonchev–Trinajstić information content (AvgIpc) is 2.38. The van der Waals surface area contributed by atoms with Crippen molar-refractivity contribution < 1.29 is 9.13 Å². The third kappa shape index (κ3) is 3.38. The highest BCUT2D eigenvalue weighted by Crippen LogP contribution is 2.32. The topological polar surface area (TPSA) is 21.3 Å². The first kappa shape index (κ1) is 14.1. The van der Waals surface area contributed by atoms with E-state index >= 15 is 0 Å². The van der Waals surface area contributed by atoms with Gasteiger partial charge in [0.2, 0.25) is 0 Å². The molecule has 0 saturated carbocycles. The van der Waals surface area contributed by atoms with Crippen LogP contribution >= 0.6 is 23.2 Å². The van der Waals surface area contributed by atoms with Crippen LogP contribution in [0.15, 0.2) is 36.4 Å². The Morgan fingerprint density at radius 2 is 1.95 bits per heavy atom. The number of hydrogen-bond donors (Lipinski definition) is 1. The second-order valence-electron chi connectivity index (χ2n) is 3.94. The summed E-state index contributed by atoms with van der Waals surface area (Å²) in [5.74, 6) is -0.00492. The maximum Gasteiger partial charge on any atom is 0.184 e.